The number of carbonyl (C=O) groups is 2. The van der Waals surface area contributed by atoms with Gasteiger partial charge in [-0.15, -0.1) is 0 Å². The van der Waals surface area contributed by atoms with Gasteiger partial charge in [0.15, 0.2) is 0 Å². The first kappa shape index (κ1) is 20.0. The number of rotatable bonds is 7. The van der Waals surface area contributed by atoms with Crippen molar-refractivity contribution in [2.45, 2.75) is 33.6 Å². The van der Waals surface area contributed by atoms with Gasteiger partial charge in [0.2, 0.25) is 0 Å². The summed E-state index contributed by atoms with van der Waals surface area (Å²) < 4.78 is 10.6. The van der Waals surface area contributed by atoms with Gasteiger partial charge in [-0.2, -0.15) is 0 Å². The Morgan fingerprint density at radius 3 is 2.19 bits per heavy atom. The average molecular weight is 375 g/mol. The maximum atomic E-state index is 12.2. The highest BCUT2D eigenvalue weighted by Gasteiger charge is 2.12. The van der Waals surface area contributed by atoms with Crippen LogP contribution in [0, 0.1) is 12.8 Å². The third kappa shape index (κ3) is 5.88. The molecule has 26 heavy (non-hydrogen) atoms. The van der Waals surface area contributed by atoms with Crippen LogP contribution in [0.5, 0.6) is 5.75 Å². The fourth-order valence-electron chi connectivity index (χ4n) is 2.33. The largest absolute Gasteiger partial charge is 0.462 e. The summed E-state index contributed by atoms with van der Waals surface area (Å²) in [5, 5.41) is 0.612. The summed E-state index contributed by atoms with van der Waals surface area (Å²) in [5.74, 6) is 0.125. The van der Waals surface area contributed by atoms with Crippen molar-refractivity contribution in [1.29, 1.82) is 0 Å². The second-order valence-corrected chi connectivity index (χ2v) is 6.96. The molecule has 0 heterocycles. The minimum atomic E-state index is -0.497. The molecule has 4 nitrogen and oxygen atoms in total. The predicted molar refractivity (Wildman–Crippen MR) is 102 cm³/mol. The van der Waals surface area contributed by atoms with E-state index in [-0.39, 0.29) is 5.97 Å². The van der Waals surface area contributed by atoms with Crippen LogP contribution in [0.1, 0.15) is 53.0 Å². The van der Waals surface area contributed by atoms with Crippen molar-refractivity contribution in [2.24, 2.45) is 5.92 Å². The number of carbonyl (C=O) groups excluding carboxylic acids is 2. The molecule has 0 unspecified atom stereocenters. The molecule has 0 fully saturated rings. The van der Waals surface area contributed by atoms with E-state index in [1.807, 2.05) is 6.92 Å². The van der Waals surface area contributed by atoms with Gasteiger partial charge in [-0.1, -0.05) is 25.4 Å². The quantitative estimate of drug-likeness (QED) is 0.367. The van der Waals surface area contributed by atoms with E-state index in [4.69, 9.17) is 21.1 Å². The number of halogens is 1. The first-order chi connectivity index (χ1) is 12.4. The first-order valence-corrected chi connectivity index (χ1v) is 9.00. The summed E-state index contributed by atoms with van der Waals surface area (Å²) in [4.78, 5) is 24.2. The maximum Gasteiger partial charge on any atom is 0.343 e. The highest BCUT2D eigenvalue weighted by molar-refractivity contribution is 6.31. The summed E-state index contributed by atoms with van der Waals surface area (Å²) in [6.45, 7) is 6.49. The molecule has 0 aliphatic heterocycles. The Labute approximate surface area is 159 Å². The number of hydrogen-bond donors (Lipinski definition) is 0. The molecule has 0 saturated heterocycles. The van der Waals surface area contributed by atoms with E-state index >= 15 is 0 Å². The molecule has 0 aliphatic rings. The predicted octanol–water partition coefficient (Wildman–Crippen LogP) is 5.46. The smallest absolute Gasteiger partial charge is 0.343 e. The van der Waals surface area contributed by atoms with Crippen LogP contribution in [0.3, 0.4) is 0 Å². The number of aryl methyl sites for hydroxylation is 1. The lowest BCUT2D eigenvalue weighted by Crippen LogP contribution is -2.10. The Morgan fingerprint density at radius 1 is 1.00 bits per heavy atom. The van der Waals surface area contributed by atoms with Crippen LogP contribution in [-0.4, -0.2) is 18.5 Å². The Bertz CT molecular complexity index is 766. The van der Waals surface area contributed by atoms with E-state index in [1.165, 1.54) is 0 Å². The summed E-state index contributed by atoms with van der Waals surface area (Å²) in [6.07, 6.45) is 1.86. The topological polar surface area (TPSA) is 52.6 Å². The second kappa shape index (κ2) is 9.39. The van der Waals surface area contributed by atoms with Crippen molar-refractivity contribution in [3.63, 3.8) is 0 Å². The second-order valence-electron chi connectivity index (χ2n) is 6.55. The van der Waals surface area contributed by atoms with Crippen LogP contribution >= 0.6 is 11.6 Å². The molecule has 0 saturated carbocycles. The zero-order chi connectivity index (χ0) is 19.1. The molecule has 0 bridgehead atoms. The van der Waals surface area contributed by atoms with E-state index in [9.17, 15) is 9.59 Å². The summed E-state index contributed by atoms with van der Waals surface area (Å²) in [6, 6.07) is 11.2. The Hall–Kier alpha value is -2.33. The molecule has 138 valence electrons. The van der Waals surface area contributed by atoms with Crippen molar-refractivity contribution < 1.29 is 19.1 Å². The van der Waals surface area contributed by atoms with E-state index in [2.05, 4.69) is 13.8 Å². The number of benzene rings is 2. The third-order valence-electron chi connectivity index (χ3n) is 3.86. The molecule has 2 aromatic carbocycles. The summed E-state index contributed by atoms with van der Waals surface area (Å²) in [7, 11) is 0. The molecule has 2 aromatic rings. The van der Waals surface area contributed by atoms with Gasteiger partial charge < -0.3 is 9.47 Å². The van der Waals surface area contributed by atoms with Gasteiger partial charge in [0.05, 0.1) is 17.7 Å². The fraction of sp³-hybridized carbons (Fsp3) is 0.333. The third-order valence-corrected chi connectivity index (χ3v) is 4.28. The lowest BCUT2D eigenvalue weighted by Gasteiger charge is -2.08. The van der Waals surface area contributed by atoms with Crippen molar-refractivity contribution in [3.05, 3.63) is 64.2 Å². The molecule has 0 spiro atoms. The van der Waals surface area contributed by atoms with Crippen LogP contribution in [0.4, 0.5) is 0 Å². The normalized spacial score (nSPS) is 10.7. The maximum absolute atomic E-state index is 12.2. The van der Waals surface area contributed by atoms with Gasteiger partial charge in [0.1, 0.15) is 5.75 Å². The van der Waals surface area contributed by atoms with Crippen molar-refractivity contribution in [1.82, 2.24) is 0 Å². The van der Waals surface area contributed by atoms with Crippen LogP contribution in [0.15, 0.2) is 42.5 Å². The molecule has 0 aliphatic carbocycles. The van der Waals surface area contributed by atoms with Gasteiger partial charge >= 0.3 is 11.9 Å². The van der Waals surface area contributed by atoms with Crippen molar-refractivity contribution in [3.8, 4) is 5.75 Å². The van der Waals surface area contributed by atoms with Gasteiger partial charge in [-0.05, 0) is 73.7 Å². The lowest BCUT2D eigenvalue weighted by molar-refractivity contribution is 0.0494. The van der Waals surface area contributed by atoms with Crippen molar-refractivity contribution >= 4 is 23.5 Å². The Balaban J connectivity index is 1.92. The number of hydrogen-bond acceptors (Lipinski definition) is 4. The van der Waals surface area contributed by atoms with Gasteiger partial charge in [0.25, 0.3) is 0 Å². The van der Waals surface area contributed by atoms with Gasteiger partial charge in [-0.25, -0.2) is 9.59 Å². The van der Waals surface area contributed by atoms with E-state index in [0.29, 0.717) is 34.4 Å². The molecule has 0 aromatic heterocycles. The average Bonchev–Trinajstić information content (AvgIpc) is 2.61. The lowest BCUT2D eigenvalue weighted by atomic mass is 10.1. The van der Waals surface area contributed by atoms with E-state index < -0.39 is 5.97 Å². The highest BCUT2D eigenvalue weighted by atomic mass is 35.5. The minimum Gasteiger partial charge on any atom is -0.462 e. The molecular formula is C21H23ClO4. The number of ether oxygens (including phenoxy) is 2. The highest BCUT2D eigenvalue weighted by Crippen LogP contribution is 2.22. The zero-order valence-corrected chi connectivity index (χ0v) is 16.0. The Kier molecular flexibility index (Phi) is 7.22. The van der Waals surface area contributed by atoms with Crippen LogP contribution in [0.25, 0.3) is 0 Å². The summed E-state index contributed by atoms with van der Waals surface area (Å²) >= 11 is 5.96. The minimum absolute atomic E-state index is 0.356. The van der Waals surface area contributed by atoms with Crippen LogP contribution in [0.2, 0.25) is 5.02 Å². The van der Waals surface area contributed by atoms with Gasteiger partial charge in [0, 0.05) is 5.02 Å². The fourth-order valence-corrected chi connectivity index (χ4v) is 2.45. The molecule has 0 N–H and O–H groups in total. The molecular weight excluding hydrogens is 352 g/mol. The van der Waals surface area contributed by atoms with Crippen molar-refractivity contribution in [2.75, 3.05) is 6.61 Å². The molecule has 0 atom stereocenters. The standard InChI is InChI=1S/C21H23ClO4/c1-14(2)5-4-12-25-20(23)16-6-8-17(9-7-16)21(24)26-18-10-11-19(22)15(3)13-18/h6-11,13-14H,4-5,12H2,1-3H3. The van der Waals surface area contributed by atoms with E-state index in [1.54, 1.807) is 42.5 Å². The monoisotopic (exact) mass is 374 g/mol. The molecule has 2 rings (SSSR count). The Morgan fingerprint density at radius 2 is 1.62 bits per heavy atom. The zero-order valence-electron chi connectivity index (χ0n) is 15.3. The molecule has 0 radical (unpaired) electrons. The summed E-state index contributed by atoms with van der Waals surface area (Å²) in [5.41, 5.74) is 1.59. The van der Waals surface area contributed by atoms with E-state index in [0.717, 1.165) is 18.4 Å². The van der Waals surface area contributed by atoms with Crippen LogP contribution in [-0.2, 0) is 4.74 Å². The molecule has 5 heteroatoms. The van der Waals surface area contributed by atoms with Crippen LogP contribution < -0.4 is 4.74 Å². The molecule has 0 amide bonds. The SMILES string of the molecule is Cc1cc(OC(=O)c2ccc(C(=O)OCCCC(C)C)cc2)ccc1Cl. The number of esters is 2. The van der Waals surface area contributed by atoms with Gasteiger partial charge in [-0.3, -0.25) is 0 Å². The first-order valence-electron chi connectivity index (χ1n) is 8.62.